The normalized spacial score (nSPS) is 19.6. The SMILES string of the molecule is CC(CN1CCNCC1)c1ccccc1F. The number of rotatable bonds is 3. The third-order valence-electron chi connectivity index (χ3n) is 3.18. The summed E-state index contributed by atoms with van der Waals surface area (Å²) in [5.41, 5.74) is 0.834. The van der Waals surface area contributed by atoms with E-state index in [9.17, 15) is 4.39 Å². The van der Waals surface area contributed by atoms with E-state index in [0.717, 1.165) is 38.3 Å². The Labute approximate surface area is 96.5 Å². The van der Waals surface area contributed by atoms with Gasteiger partial charge < -0.3 is 10.2 Å². The van der Waals surface area contributed by atoms with Crippen molar-refractivity contribution in [3.8, 4) is 0 Å². The second-order valence-electron chi connectivity index (χ2n) is 4.47. The predicted octanol–water partition coefficient (Wildman–Crippen LogP) is 1.83. The van der Waals surface area contributed by atoms with Gasteiger partial charge in [-0.25, -0.2) is 4.39 Å². The fourth-order valence-corrected chi connectivity index (χ4v) is 2.25. The molecule has 1 aliphatic heterocycles. The van der Waals surface area contributed by atoms with Crippen LogP contribution in [-0.4, -0.2) is 37.6 Å². The maximum Gasteiger partial charge on any atom is 0.126 e. The highest BCUT2D eigenvalue weighted by Crippen LogP contribution is 2.19. The van der Waals surface area contributed by atoms with E-state index in [2.05, 4.69) is 17.1 Å². The van der Waals surface area contributed by atoms with Gasteiger partial charge in [-0.1, -0.05) is 25.1 Å². The third kappa shape index (κ3) is 2.80. The average Bonchev–Trinajstić information content (AvgIpc) is 2.31. The van der Waals surface area contributed by atoms with Crippen LogP contribution in [-0.2, 0) is 0 Å². The van der Waals surface area contributed by atoms with Gasteiger partial charge in [0.1, 0.15) is 5.82 Å². The molecule has 1 heterocycles. The molecule has 0 aliphatic carbocycles. The Morgan fingerprint density at radius 1 is 1.31 bits per heavy atom. The first kappa shape index (κ1) is 11.6. The van der Waals surface area contributed by atoms with Crippen LogP contribution in [0.3, 0.4) is 0 Å². The van der Waals surface area contributed by atoms with Gasteiger partial charge in [0, 0.05) is 32.7 Å². The van der Waals surface area contributed by atoms with Gasteiger partial charge in [-0.15, -0.1) is 0 Å². The van der Waals surface area contributed by atoms with E-state index < -0.39 is 0 Å². The van der Waals surface area contributed by atoms with E-state index >= 15 is 0 Å². The lowest BCUT2D eigenvalue weighted by Gasteiger charge is -2.29. The number of hydrogen-bond donors (Lipinski definition) is 1. The Morgan fingerprint density at radius 3 is 2.69 bits per heavy atom. The van der Waals surface area contributed by atoms with E-state index in [1.165, 1.54) is 0 Å². The number of benzene rings is 1. The quantitative estimate of drug-likeness (QED) is 0.839. The molecule has 16 heavy (non-hydrogen) atoms. The van der Waals surface area contributed by atoms with Gasteiger partial charge in [-0.05, 0) is 17.5 Å². The molecule has 1 atom stereocenters. The van der Waals surface area contributed by atoms with Crippen molar-refractivity contribution in [1.82, 2.24) is 10.2 Å². The maximum absolute atomic E-state index is 13.6. The van der Waals surface area contributed by atoms with Crippen LogP contribution < -0.4 is 5.32 Å². The summed E-state index contributed by atoms with van der Waals surface area (Å²) < 4.78 is 13.6. The molecule has 0 saturated carbocycles. The summed E-state index contributed by atoms with van der Waals surface area (Å²) in [6.07, 6.45) is 0. The van der Waals surface area contributed by atoms with Crippen LogP contribution >= 0.6 is 0 Å². The highest BCUT2D eigenvalue weighted by atomic mass is 19.1. The summed E-state index contributed by atoms with van der Waals surface area (Å²) in [7, 11) is 0. The number of hydrogen-bond acceptors (Lipinski definition) is 2. The minimum atomic E-state index is -0.0786. The average molecular weight is 222 g/mol. The molecule has 0 bridgehead atoms. The van der Waals surface area contributed by atoms with Gasteiger partial charge in [-0.2, -0.15) is 0 Å². The van der Waals surface area contributed by atoms with Crippen molar-refractivity contribution in [2.45, 2.75) is 12.8 Å². The van der Waals surface area contributed by atoms with Gasteiger partial charge in [0.25, 0.3) is 0 Å². The second-order valence-corrected chi connectivity index (χ2v) is 4.47. The van der Waals surface area contributed by atoms with Crippen LogP contribution in [0.4, 0.5) is 4.39 Å². The molecule has 1 N–H and O–H groups in total. The van der Waals surface area contributed by atoms with Crippen molar-refractivity contribution in [2.75, 3.05) is 32.7 Å². The predicted molar refractivity (Wildman–Crippen MR) is 64.1 cm³/mol. The minimum absolute atomic E-state index is 0.0786. The lowest BCUT2D eigenvalue weighted by molar-refractivity contribution is 0.229. The summed E-state index contributed by atoms with van der Waals surface area (Å²) >= 11 is 0. The van der Waals surface area contributed by atoms with Crippen molar-refractivity contribution in [3.63, 3.8) is 0 Å². The summed E-state index contributed by atoms with van der Waals surface area (Å²) in [5, 5.41) is 3.32. The van der Waals surface area contributed by atoms with Crippen molar-refractivity contribution in [1.29, 1.82) is 0 Å². The first-order valence-electron chi connectivity index (χ1n) is 5.95. The van der Waals surface area contributed by atoms with Crippen LogP contribution in [0.5, 0.6) is 0 Å². The maximum atomic E-state index is 13.6. The molecule has 0 spiro atoms. The molecule has 1 aromatic carbocycles. The van der Waals surface area contributed by atoms with E-state index in [-0.39, 0.29) is 11.7 Å². The molecule has 1 aromatic rings. The van der Waals surface area contributed by atoms with Gasteiger partial charge >= 0.3 is 0 Å². The fourth-order valence-electron chi connectivity index (χ4n) is 2.25. The number of piperazine rings is 1. The molecule has 1 aliphatic rings. The van der Waals surface area contributed by atoms with E-state index in [1.54, 1.807) is 12.1 Å². The van der Waals surface area contributed by atoms with Crippen LogP contribution in [0, 0.1) is 5.82 Å². The van der Waals surface area contributed by atoms with Crippen LogP contribution in [0.2, 0.25) is 0 Å². The van der Waals surface area contributed by atoms with Crippen molar-refractivity contribution in [3.05, 3.63) is 35.6 Å². The van der Waals surface area contributed by atoms with E-state index in [4.69, 9.17) is 0 Å². The third-order valence-corrected chi connectivity index (χ3v) is 3.18. The molecule has 2 rings (SSSR count). The molecule has 2 nitrogen and oxygen atoms in total. The van der Waals surface area contributed by atoms with E-state index in [0.29, 0.717) is 0 Å². The smallest absolute Gasteiger partial charge is 0.126 e. The summed E-state index contributed by atoms with van der Waals surface area (Å²) in [4.78, 5) is 2.40. The summed E-state index contributed by atoms with van der Waals surface area (Å²) in [6.45, 7) is 7.27. The minimum Gasteiger partial charge on any atom is -0.314 e. The van der Waals surface area contributed by atoms with Crippen molar-refractivity contribution < 1.29 is 4.39 Å². The molecular weight excluding hydrogens is 203 g/mol. The van der Waals surface area contributed by atoms with Crippen LogP contribution in [0.25, 0.3) is 0 Å². The first-order chi connectivity index (χ1) is 7.77. The van der Waals surface area contributed by atoms with Crippen molar-refractivity contribution >= 4 is 0 Å². The largest absolute Gasteiger partial charge is 0.314 e. The zero-order chi connectivity index (χ0) is 11.4. The Bertz CT molecular complexity index is 334. The highest BCUT2D eigenvalue weighted by Gasteiger charge is 2.16. The first-order valence-corrected chi connectivity index (χ1v) is 5.95. The number of nitrogens with one attached hydrogen (secondary N) is 1. The standard InChI is InChI=1S/C13H19FN2/c1-11(10-16-8-6-15-7-9-16)12-4-2-3-5-13(12)14/h2-5,11,15H,6-10H2,1H3. The van der Waals surface area contributed by atoms with Crippen LogP contribution in [0.1, 0.15) is 18.4 Å². The van der Waals surface area contributed by atoms with Gasteiger partial charge in [0.05, 0.1) is 0 Å². The monoisotopic (exact) mass is 222 g/mol. The second kappa shape index (κ2) is 5.41. The van der Waals surface area contributed by atoms with Crippen LogP contribution in [0.15, 0.2) is 24.3 Å². The van der Waals surface area contributed by atoms with Gasteiger partial charge in [-0.3, -0.25) is 0 Å². The molecule has 0 amide bonds. The zero-order valence-electron chi connectivity index (χ0n) is 9.75. The number of nitrogens with zero attached hydrogens (tertiary/aromatic N) is 1. The molecule has 1 fully saturated rings. The highest BCUT2D eigenvalue weighted by molar-refractivity contribution is 5.21. The molecule has 0 radical (unpaired) electrons. The lowest BCUT2D eigenvalue weighted by atomic mass is 10.00. The molecule has 88 valence electrons. The molecular formula is C13H19FN2. The topological polar surface area (TPSA) is 15.3 Å². The van der Waals surface area contributed by atoms with E-state index in [1.807, 2.05) is 12.1 Å². The Hall–Kier alpha value is -0.930. The lowest BCUT2D eigenvalue weighted by Crippen LogP contribution is -2.44. The molecule has 0 aromatic heterocycles. The summed E-state index contributed by atoms with van der Waals surface area (Å²) in [5.74, 6) is 0.185. The Morgan fingerprint density at radius 2 is 2.00 bits per heavy atom. The Kier molecular flexibility index (Phi) is 3.91. The summed E-state index contributed by atoms with van der Waals surface area (Å²) in [6, 6.07) is 7.09. The molecule has 1 saturated heterocycles. The molecule has 3 heteroatoms. The molecule has 1 unspecified atom stereocenters. The van der Waals surface area contributed by atoms with Gasteiger partial charge in [0.2, 0.25) is 0 Å². The van der Waals surface area contributed by atoms with Gasteiger partial charge in [0.15, 0.2) is 0 Å². The van der Waals surface area contributed by atoms with Crippen molar-refractivity contribution in [2.24, 2.45) is 0 Å². The zero-order valence-corrected chi connectivity index (χ0v) is 9.75. The fraction of sp³-hybridized carbons (Fsp3) is 0.538. The number of halogens is 1. The Balaban J connectivity index is 1.96.